The predicted molar refractivity (Wildman–Crippen MR) is 124 cm³/mol. The Hall–Kier alpha value is -3.17. The highest BCUT2D eigenvalue weighted by molar-refractivity contribution is 7.99. The average Bonchev–Trinajstić information content (AvgIpc) is 3.35. The number of aromatic amines is 2. The second-order valence-corrected chi connectivity index (χ2v) is 9.67. The molecule has 1 saturated heterocycles. The van der Waals surface area contributed by atoms with Crippen molar-refractivity contribution in [2.75, 3.05) is 18.0 Å². The fraction of sp³-hybridized carbons (Fsp3) is 0.304. The van der Waals surface area contributed by atoms with Gasteiger partial charge in [-0.2, -0.15) is 4.98 Å². The fourth-order valence-corrected chi connectivity index (χ4v) is 5.79. The van der Waals surface area contributed by atoms with E-state index in [2.05, 4.69) is 49.1 Å². The summed E-state index contributed by atoms with van der Waals surface area (Å²) in [6.07, 6.45) is 6.39. The van der Waals surface area contributed by atoms with Crippen LogP contribution in [-0.4, -0.2) is 38.0 Å². The molecule has 8 nitrogen and oxygen atoms in total. The standard InChI is InChI=1S/C23H23N7OS/c24-18-15-5-2-1-4-14(15)12-23(18)7-10-30(11-8-23)22-28-19-20(29-22)27-17(13-26-19)32-16-6-3-9-25-21(16)31/h1-6,9,13,18H,7-8,10-12,24H2,(H,25,31)(H,26,27,28,29)/t18-/m1/s1. The Balaban J connectivity index is 1.20. The minimum absolute atomic E-state index is 0.0978. The molecule has 32 heavy (non-hydrogen) atoms. The van der Waals surface area contributed by atoms with Crippen molar-refractivity contribution in [2.45, 2.75) is 35.2 Å². The minimum atomic E-state index is -0.142. The summed E-state index contributed by atoms with van der Waals surface area (Å²) in [6, 6.07) is 12.2. The molecule has 4 N–H and O–H groups in total. The van der Waals surface area contributed by atoms with Crippen LogP contribution in [0.5, 0.6) is 0 Å². The van der Waals surface area contributed by atoms with Gasteiger partial charge in [-0.3, -0.25) is 4.79 Å². The maximum absolute atomic E-state index is 11.9. The number of hydrogen-bond donors (Lipinski definition) is 3. The summed E-state index contributed by atoms with van der Waals surface area (Å²) >= 11 is 1.28. The number of pyridine rings is 1. The number of hydrogen-bond acceptors (Lipinski definition) is 7. The lowest BCUT2D eigenvalue weighted by Gasteiger charge is -2.42. The first-order valence-corrected chi connectivity index (χ1v) is 11.6. The number of nitrogens with two attached hydrogens (primary N) is 1. The zero-order chi connectivity index (χ0) is 21.7. The topological polar surface area (TPSA) is 117 Å². The molecule has 0 amide bonds. The van der Waals surface area contributed by atoms with Gasteiger partial charge in [0.1, 0.15) is 5.03 Å². The molecule has 1 aliphatic carbocycles. The molecular weight excluding hydrogens is 422 g/mol. The van der Waals surface area contributed by atoms with Crippen LogP contribution in [0.3, 0.4) is 0 Å². The maximum Gasteiger partial charge on any atom is 0.262 e. The van der Waals surface area contributed by atoms with E-state index in [-0.39, 0.29) is 17.0 Å². The van der Waals surface area contributed by atoms with E-state index in [1.54, 1.807) is 24.5 Å². The van der Waals surface area contributed by atoms with E-state index in [4.69, 9.17) is 10.7 Å². The van der Waals surface area contributed by atoms with Crippen molar-refractivity contribution in [3.8, 4) is 0 Å². The van der Waals surface area contributed by atoms with Crippen molar-refractivity contribution in [3.63, 3.8) is 0 Å². The van der Waals surface area contributed by atoms with Gasteiger partial charge in [0.2, 0.25) is 5.95 Å². The van der Waals surface area contributed by atoms with Crippen LogP contribution in [0, 0.1) is 5.41 Å². The Labute approximate surface area is 188 Å². The Morgan fingerprint density at radius 1 is 1.12 bits per heavy atom. The third-order valence-corrected chi connectivity index (χ3v) is 7.77. The Bertz CT molecular complexity index is 1360. The number of fused-ring (bicyclic) bond motifs is 2. The second-order valence-electron chi connectivity index (χ2n) is 8.61. The Morgan fingerprint density at radius 3 is 2.78 bits per heavy atom. The van der Waals surface area contributed by atoms with Gasteiger partial charge in [-0.15, -0.1) is 0 Å². The average molecular weight is 446 g/mol. The number of H-pyrrole nitrogens is 2. The van der Waals surface area contributed by atoms with Crippen molar-refractivity contribution in [1.82, 2.24) is 24.9 Å². The Morgan fingerprint density at radius 2 is 1.97 bits per heavy atom. The zero-order valence-electron chi connectivity index (χ0n) is 17.4. The van der Waals surface area contributed by atoms with Crippen molar-refractivity contribution in [3.05, 3.63) is 70.3 Å². The number of aromatic nitrogens is 5. The van der Waals surface area contributed by atoms with Crippen LogP contribution >= 0.6 is 11.8 Å². The van der Waals surface area contributed by atoms with Gasteiger partial charge in [-0.1, -0.05) is 36.0 Å². The van der Waals surface area contributed by atoms with E-state index in [0.29, 0.717) is 21.2 Å². The quantitative estimate of drug-likeness (QED) is 0.444. The van der Waals surface area contributed by atoms with Gasteiger partial charge in [0.25, 0.3) is 5.56 Å². The molecule has 6 rings (SSSR count). The third-order valence-electron chi connectivity index (χ3n) is 6.82. The van der Waals surface area contributed by atoms with Gasteiger partial charge in [0, 0.05) is 25.3 Å². The van der Waals surface area contributed by atoms with E-state index in [1.165, 1.54) is 22.9 Å². The molecule has 0 unspecified atom stereocenters. The second kappa shape index (κ2) is 7.46. The van der Waals surface area contributed by atoms with Gasteiger partial charge in [0.15, 0.2) is 11.3 Å². The van der Waals surface area contributed by atoms with E-state index >= 15 is 0 Å². The monoisotopic (exact) mass is 445 g/mol. The highest BCUT2D eigenvalue weighted by atomic mass is 32.2. The molecule has 1 atom stereocenters. The molecule has 0 radical (unpaired) electrons. The predicted octanol–water partition coefficient (Wildman–Crippen LogP) is 3.04. The molecule has 0 bridgehead atoms. The van der Waals surface area contributed by atoms with E-state index in [1.807, 2.05) is 0 Å². The summed E-state index contributed by atoms with van der Waals surface area (Å²) in [5, 5.41) is 0.638. The lowest BCUT2D eigenvalue weighted by molar-refractivity contribution is 0.187. The van der Waals surface area contributed by atoms with Gasteiger partial charge < -0.3 is 20.6 Å². The van der Waals surface area contributed by atoms with Gasteiger partial charge in [0.05, 0.1) is 11.1 Å². The summed E-state index contributed by atoms with van der Waals surface area (Å²) in [7, 11) is 0. The summed E-state index contributed by atoms with van der Waals surface area (Å²) in [5.41, 5.74) is 10.6. The molecule has 4 aromatic rings. The summed E-state index contributed by atoms with van der Waals surface area (Å²) in [6.45, 7) is 1.78. The smallest absolute Gasteiger partial charge is 0.262 e. The van der Waals surface area contributed by atoms with Crippen LogP contribution in [-0.2, 0) is 6.42 Å². The maximum atomic E-state index is 11.9. The Kier molecular flexibility index (Phi) is 4.55. The fourth-order valence-electron chi connectivity index (χ4n) is 5.03. The van der Waals surface area contributed by atoms with Gasteiger partial charge in [-0.05, 0) is 47.9 Å². The molecule has 4 heterocycles. The van der Waals surface area contributed by atoms with Crippen LogP contribution in [0.15, 0.2) is 63.5 Å². The van der Waals surface area contributed by atoms with Crippen LogP contribution in [0.2, 0.25) is 0 Å². The minimum Gasteiger partial charge on any atom is -0.342 e. The SMILES string of the molecule is N[C@@H]1c2ccccc2CC12CCN(c1nc3nc(Sc4ccc[nH]c4=O)cnc3[nH]1)CC2. The van der Waals surface area contributed by atoms with Crippen LogP contribution in [0.1, 0.15) is 30.0 Å². The number of nitrogens with one attached hydrogen (secondary N) is 2. The highest BCUT2D eigenvalue weighted by Crippen LogP contribution is 2.50. The summed E-state index contributed by atoms with van der Waals surface area (Å²) < 4.78 is 0. The molecule has 1 fully saturated rings. The lowest BCUT2D eigenvalue weighted by atomic mass is 9.73. The third kappa shape index (κ3) is 3.20. The highest BCUT2D eigenvalue weighted by Gasteiger charge is 2.46. The van der Waals surface area contributed by atoms with E-state index in [0.717, 1.165) is 38.3 Å². The number of anilines is 1. The van der Waals surface area contributed by atoms with E-state index in [9.17, 15) is 4.79 Å². The first kappa shape index (κ1) is 19.5. The van der Waals surface area contributed by atoms with Crippen LogP contribution < -0.4 is 16.2 Å². The summed E-state index contributed by atoms with van der Waals surface area (Å²) in [4.78, 5) is 34.5. The molecule has 3 aromatic heterocycles. The summed E-state index contributed by atoms with van der Waals surface area (Å²) in [5.74, 6) is 0.790. The number of piperidine rings is 1. The van der Waals surface area contributed by atoms with E-state index < -0.39 is 0 Å². The van der Waals surface area contributed by atoms with Gasteiger partial charge >= 0.3 is 0 Å². The largest absolute Gasteiger partial charge is 0.342 e. The molecule has 1 spiro atoms. The number of nitrogens with zero attached hydrogens (tertiary/aromatic N) is 4. The molecule has 9 heteroatoms. The molecular formula is C23H23N7OS. The molecule has 0 saturated carbocycles. The first-order valence-electron chi connectivity index (χ1n) is 10.8. The molecule has 162 valence electrons. The normalized spacial score (nSPS) is 19.5. The van der Waals surface area contributed by atoms with Crippen molar-refractivity contribution >= 4 is 29.0 Å². The lowest BCUT2D eigenvalue weighted by Crippen LogP contribution is -2.44. The van der Waals surface area contributed by atoms with Crippen molar-refractivity contribution in [2.24, 2.45) is 11.1 Å². The molecule has 1 aliphatic heterocycles. The molecule has 1 aromatic carbocycles. The number of benzene rings is 1. The zero-order valence-corrected chi connectivity index (χ0v) is 18.2. The van der Waals surface area contributed by atoms with Gasteiger partial charge in [-0.25, -0.2) is 9.97 Å². The van der Waals surface area contributed by atoms with Crippen LogP contribution in [0.25, 0.3) is 11.3 Å². The van der Waals surface area contributed by atoms with Crippen molar-refractivity contribution in [1.29, 1.82) is 0 Å². The number of rotatable bonds is 3. The number of imidazole rings is 1. The molecule has 2 aliphatic rings. The first-order chi connectivity index (χ1) is 15.6. The van der Waals surface area contributed by atoms with Crippen LogP contribution in [0.4, 0.5) is 5.95 Å². The van der Waals surface area contributed by atoms with Crippen molar-refractivity contribution < 1.29 is 0 Å².